The Kier molecular flexibility index (Phi) is 8.36. The van der Waals surface area contributed by atoms with E-state index in [1.54, 1.807) is 0 Å². The van der Waals surface area contributed by atoms with Crippen molar-refractivity contribution in [1.29, 1.82) is 0 Å². The first-order valence-electron chi connectivity index (χ1n) is 14.8. The molecule has 0 bridgehead atoms. The predicted octanol–water partition coefficient (Wildman–Crippen LogP) is 8.93. The third-order valence-electron chi connectivity index (χ3n) is 8.80. The van der Waals surface area contributed by atoms with Crippen LogP contribution in [0.4, 0.5) is 0 Å². The number of hydrogen-bond donors (Lipinski definition) is 0. The van der Waals surface area contributed by atoms with Crippen molar-refractivity contribution in [1.82, 2.24) is 0 Å². The second kappa shape index (κ2) is 11.9. The molecule has 2 aliphatic rings. The lowest BCUT2D eigenvalue weighted by atomic mass is 9.69. The van der Waals surface area contributed by atoms with Crippen LogP contribution in [0.1, 0.15) is 80.2 Å². The SMILES string of the molecule is Cc1ccc(CC2CCCC3C2=NC(C(C)CCc2ccc(OC(C)C)cc2)C3c2ccc(C)cc2)cc1. The van der Waals surface area contributed by atoms with Gasteiger partial charge in [-0.05, 0) is 94.5 Å². The summed E-state index contributed by atoms with van der Waals surface area (Å²) >= 11 is 0. The highest BCUT2D eigenvalue weighted by atomic mass is 16.5. The van der Waals surface area contributed by atoms with Crippen molar-refractivity contribution in [3.8, 4) is 5.75 Å². The average molecular weight is 508 g/mol. The molecule has 3 aromatic carbocycles. The van der Waals surface area contributed by atoms with Gasteiger partial charge in [-0.2, -0.15) is 0 Å². The number of aliphatic imine (C=N–C) groups is 1. The molecule has 1 aliphatic carbocycles. The molecule has 0 N–H and O–H groups in total. The van der Waals surface area contributed by atoms with Crippen LogP contribution in [0, 0.1) is 31.6 Å². The molecule has 0 amide bonds. The summed E-state index contributed by atoms with van der Waals surface area (Å²) in [5, 5.41) is 0. The van der Waals surface area contributed by atoms with Gasteiger partial charge in [0, 0.05) is 23.5 Å². The summed E-state index contributed by atoms with van der Waals surface area (Å²) in [7, 11) is 0. The lowest BCUT2D eigenvalue weighted by Gasteiger charge is -2.33. The van der Waals surface area contributed by atoms with E-state index in [0.29, 0.717) is 29.7 Å². The summed E-state index contributed by atoms with van der Waals surface area (Å²) in [5.41, 5.74) is 8.53. The normalized spacial score (nSPS) is 23.7. The Bertz CT molecular complexity index is 1210. The first-order valence-corrected chi connectivity index (χ1v) is 14.8. The number of benzene rings is 3. The van der Waals surface area contributed by atoms with E-state index in [0.717, 1.165) is 25.0 Å². The van der Waals surface area contributed by atoms with E-state index in [4.69, 9.17) is 9.73 Å². The van der Waals surface area contributed by atoms with Crippen LogP contribution in [-0.4, -0.2) is 17.9 Å². The lowest BCUT2D eigenvalue weighted by Crippen LogP contribution is -2.32. The monoisotopic (exact) mass is 507 g/mol. The summed E-state index contributed by atoms with van der Waals surface area (Å²) in [6.07, 6.45) is 7.44. The number of rotatable bonds is 9. The molecule has 3 aromatic rings. The Morgan fingerprint density at radius 2 is 1.42 bits per heavy atom. The minimum absolute atomic E-state index is 0.208. The van der Waals surface area contributed by atoms with Gasteiger partial charge >= 0.3 is 0 Å². The van der Waals surface area contributed by atoms with Crippen LogP contribution in [0.3, 0.4) is 0 Å². The maximum atomic E-state index is 5.84. The minimum Gasteiger partial charge on any atom is -0.491 e. The van der Waals surface area contributed by atoms with Crippen molar-refractivity contribution in [2.75, 3.05) is 0 Å². The first-order chi connectivity index (χ1) is 18.4. The van der Waals surface area contributed by atoms with E-state index in [9.17, 15) is 0 Å². The maximum Gasteiger partial charge on any atom is 0.119 e. The summed E-state index contributed by atoms with van der Waals surface area (Å²) in [6, 6.07) is 27.6. The Morgan fingerprint density at radius 1 is 0.789 bits per heavy atom. The molecule has 0 aromatic heterocycles. The smallest absolute Gasteiger partial charge is 0.119 e. The highest BCUT2D eigenvalue weighted by Gasteiger charge is 2.45. The number of hydrogen-bond acceptors (Lipinski definition) is 2. The molecule has 38 heavy (non-hydrogen) atoms. The largest absolute Gasteiger partial charge is 0.491 e. The molecular formula is C36H45NO. The molecule has 1 fully saturated rings. The fourth-order valence-corrected chi connectivity index (χ4v) is 6.72. The van der Waals surface area contributed by atoms with E-state index in [1.165, 1.54) is 52.8 Å². The van der Waals surface area contributed by atoms with Crippen molar-refractivity contribution in [2.24, 2.45) is 22.7 Å². The van der Waals surface area contributed by atoms with Gasteiger partial charge in [0.1, 0.15) is 5.75 Å². The third-order valence-corrected chi connectivity index (χ3v) is 8.80. The Morgan fingerprint density at radius 3 is 2.08 bits per heavy atom. The molecule has 1 heterocycles. The van der Waals surface area contributed by atoms with Crippen LogP contribution in [0.15, 0.2) is 77.8 Å². The summed E-state index contributed by atoms with van der Waals surface area (Å²) < 4.78 is 5.84. The second-order valence-electron chi connectivity index (χ2n) is 12.2. The van der Waals surface area contributed by atoms with Gasteiger partial charge in [0.2, 0.25) is 0 Å². The molecule has 0 spiro atoms. The van der Waals surface area contributed by atoms with E-state index in [-0.39, 0.29) is 6.10 Å². The Labute approximate surface area is 230 Å². The molecule has 5 unspecified atom stereocenters. The van der Waals surface area contributed by atoms with Gasteiger partial charge in [0.15, 0.2) is 0 Å². The van der Waals surface area contributed by atoms with Crippen molar-refractivity contribution in [2.45, 2.75) is 91.2 Å². The highest BCUT2D eigenvalue weighted by Crippen LogP contribution is 2.48. The van der Waals surface area contributed by atoms with Gasteiger partial charge in [-0.1, -0.05) is 85.1 Å². The van der Waals surface area contributed by atoms with Gasteiger partial charge in [0.25, 0.3) is 0 Å². The second-order valence-corrected chi connectivity index (χ2v) is 12.2. The van der Waals surface area contributed by atoms with Crippen LogP contribution in [0.25, 0.3) is 0 Å². The standard InChI is InChI=1S/C36H45NO/c1-24(2)38-32-21-17-28(18-22-32)16-13-27(5)35-34(30-19-11-26(4)12-20-30)33-8-6-7-31(36(33)37-35)23-29-14-9-25(3)10-15-29/h9-12,14-15,17-22,24,27,31,33-35H,6-8,13,16,23H2,1-5H3. The van der Waals surface area contributed by atoms with Crippen LogP contribution in [-0.2, 0) is 12.8 Å². The Hall–Kier alpha value is -2.87. The number of nitrogens with zero attached hydrogens (tertiary/aromatic N) is 1. The zero-order valence-corrected chi connectivity index (χ0v) is 24.0. The summed E-state index contributed by atoms with van der Waals surface area (Å²) in [5.74, 6) is 3.16. The van der Waals surface area contributed by atoms with Gasteiger partial charge in [-0.25, -0.2) is 0 Å². The van der Waals surface area contributed by atoms with Gasteiger partial charge in [-0.3, -0.25) is 4.99 Å². The van der Waals surface area contributed by atoms with Crippen molar-refractivity contribution in [3.05, 3.63) is 101 Å². The lowest BCUT2D eigenvalue weighted by molar-refractivity contribution is 0.242. The zero-order chi connectivity index (χ0) is 26.6. The van der Waals surface area contributed by atoms with Gasteiger partial charge < -0.3 is 4.74 Å². The topological polar surface area (TPSA) is 21.6 Å². The molecular weight excluding hydrogens is 462 g/mol. The van der Waals surface area contributed by atoms with Gasteiger partial charge in [0.05, 0.1) is 12.1 Å². The van der Waals surface area contributed by atoms with Crippen LogP contribution in [0.5, 0.6) is 5.75 Å². The van der Waals surface area contributed by atoms with E-state index in [1.807, 2.05) is 0 Å². The third kappa shape index (κ3) is 6.22. The fraction of sp³-hybridized carbons (Fsp3) is 0.472. The van der Waals surface area contributed by atoms with Crippen LogP contribution < -0.4 is 4.74 Å². The average Bonchev–Trinajstić information content (AvgIpc) is 3.30. The Balaban J connectivity index is 1.36. The highest BCUT2D eigenvalue weighted by molar-refractivity contribution is 5.93. The van der Waals surface area contributed by atoms with Gasteiger partial charge in [-0.15, -0.1) is 0 Å². The molecule has 2 heteroatoms. The van der Waals surface area contributed by atoms with Crippen molar-refractivity contribution < 1.29 is 4.74 Å². The van der Waals surface area contributed by atoms with Crippen LogP contribution in [0.2, 0.25) is 0 Å². The molecule has 0 radical (unpaired) electrons. The van der Waals surface area contributed by atoms with Crippen LogP contribution >= 0.6 is 0 Å². The van der Waals surface area contributed by atoms with E-state index in [2.05, 4.69) is 107 Å². The number of fused-ring (bicyclic) bond motifs is 1. The van der Waals surface area contributed by atoms with Crippen molar-refractivity contribution >= 4 is 5.71 Å². The first kappa shape index (κ1) is 26.7. The number of aryl methyl sites for hydroxylation is 3. The molecule has 5 atom stereocenters. The predicted molar refractivity (Wildman–Crippen MR) is 161 cm³/mol. The van der Waals surface area contributed by atoms with E-state index >= 15 is 0 Å². The molecule has 5 rings (SSSR count). The molecule has 1 aliphatic heterocycles. The minimum atomic E-state index is 0.208. The van der Waals surface area contributed by atoms with Crippen molar-refractivity contribution in [3.63, 3.8) is 0 Å². The molecule has 200 valence electrons. The zero-order valence-electron chi connectivity index (χ0n) is 24.0. The maximum absolute atomic E-state index is 5.84. The summed E-state index contributed by atoms with van der Waals surface area (Å²) in [4.78, 5) is 5.64. The molecule has 1 saturated carbocycles. The van der Waals surface area contributed by atoms with E-state index < -0.39 is 0 Å². The molecule has 2 nitrogen and oxygen atoms in total. The quantitative estimate of drug-likeness (QED) is 0.283. The fourth-order valence-electron chi connectivity index (χ4n) is 6.72. The summed E-state index contributed by atoms with van der Waals surface area (Å²) in [6.45, 7) is 11.0. The number of ether oxygens (including phenoxy) is 1. The molecule has 0 saturated heterocycles.